The number of nitrogens with zero attached hydrogens (tertiary/aromatic N) is 2. The molecular formula is C26H31ClF4N4O4S. The maximum atomic E-state index is 14.1. The molecule has 2 N–H and O–H groups in total. The van der Waals surface area contributed by atoms with Crippen molar-refractivity contribution in [1.29, 1.82) is 0 Å². The molecule has 8 nitrogen and oxygen atoms in total. The molecule has 14 heteroatoms. The lowest BCUT2D eigenvalue weighted by Gasteiger charge is -2.35. The molecule has 0 radical (unpaired) electrons. The molecule has 1 aromatic heterocycles. The van der Waals surface area contributed by atoms with E-state index in [-0.39, 0.29) is 49.1 Å². The number of rotatable bonds is 11. The lowest BCUT2D eigenvalue weighted by Crippen LogP contribution is -2.54. The average molecular weight is 607 g/mol. The van der Waals surface area contributed by atoms with E-state index in [4.69, 9.17) is 16.3 Å². The normalized spacial score (nSPS) is 15.2. The second-order valence-electron chi connectivity index (χ2n) is 10.4. The highest BCUT2D eigenvalue weighted by Crippen LogP contribution is 2.32. The van der Waals surface area contributed by atoms with Gasteiger partial charge in [-0.2, -0.15) is 0 Å². The van der Waals surface area contributed by atoms with E-state index in [0.717, 1.165) is 17.4 Å². The van der Waals surface area contributed by atoms with Crippen molar-refractivity contribution < 1.29 is 36.7 Å². The van der Waals surface area contributed by atoms with Crippen LogP contribution in [0.1, 0.15) is 42.4 Å². The zero-order valence-electron chi connectivity index (χ0n) is 22.2. The number of hydrogen-bond donors (Lipinski definition) is 2. The zero-order valence-corrected chi connectivity index (χ0v) is 23.8. The van der Waals surface area contributed by atoms with Crippen molar-refractivity contribution in [2.75, 3.05) is 49.6 Å². The van der Waals surface area contributed by atoms with Crippen LogP contribution < -0.4 is 15.5 Å². The summed E-state index contributed by atoms with van der Waals surface area (Å²) in [5, 5.41) is 5.01. The molecule has 2 heterocycles. The Morgan fingerprint density at radius 2 is 1.90 bits per heavy atom. The summed E-state index contributed by atoms with van der Waals surface area (Å²) in [6.07, 6.45) is -5.81. The molecule has 1 aliphatic rings. The molecule has 0 aliphatic carbocycles. The number of nitrogens with one attached hydrogen (secondary N) is 2. The molecular weight excluding hydrogens is 576 g/mol. The summed E-state index contributed by atoms with van der Waals surface area (Å²) in [6.45, 7) is 4.54. The summed E-state index contributed by atoms with van der Waals surface area (Å²) < 4.78 is 60.7. The fourth-order valence-corrected chi connectivity index (χ4v) is 5.17. The minimum atomic E-state index is -3.01. The van der Waals surface area contributed by atoms with E-state index in [1.165, 1.54) is 34.1 Å². The Morgan fingerprint density at radius 3 is 2.48 bits per heavy atom. The summed E-state index contributed by atoms with van der Waals surface area (Å²) in [7, 11) is 0. The summed E-state index contributed by atoms with van der Waals surface area (Å²) in [5.41, 5.74) is -1.08. The summed E-state index contributed by atoms with van der Waals surface area (Å²) in [6, 6.07) is 5.44. The number of halogens is 5. The van der Waals surface area contributed by atoms with Crippen molar-refractivity contribution in [2.24, 2.45) is 5.41 Å². The molecule has 1 saturated heterocycles. The second kappa shape index (κ2) is 13.7. The number of thiophene rings is 1. The second-order valence-corrected chi connectivity index (χ2v) is 12.1. The first-order valence-electron chi connectivity index (χ1n) is 12.4. The third-order valence-corrected chi connectivity index (χ3v) is 7.10. The maximum Gasteiger partial charge on any atom is 0.265 e. The van der Waals surface area contributed by atoms with Gasteiger partial charge in [-0.3, -0.25) is 19.3 Å². The molecule has 3 rings (SSSR count). The monoisotopic (exact) mass is 606 g/mol. The summed E-state index contributed by atoms with van der Waals surface area (Å²) in [5.74, 6) is -1.81. The van der Waals surface area contributed by atoms with Crippen molar-refractivity contribution in [1.82, 2.24) is 10.2 Å². The fraction of sp³-hybridized carbons (Fsp3) is 0.500. The van der Waals surface area contributed by atoms with Gasteiger partial charge < -0.3 is 20.3 Å². The Bertz CT molecular complexity index is 1210. The first-order chi connectivity index (χ1) is 18.7. The zero-order chi connectivity index (χ0) is 29.6. The van der Waals surface area contributed by atoms with Crippen LogP contribution in [0.2, 0.25) is 4.34 Å². The number of hydrogen-bond acceptors (Lipinski definition) is 6. The van der Waals surface area contributed by atoms with Crippen LogP contribution in [0.15, 0.2) is 30.3 Å². The molecule has 2 aromatic rings. The van der Waals surface area contributed by atoms with Gasteiger partial charge in [0, 0.05) is 36.6 Å². The third kappa shape index (κ3) is 8.88. The van der Waals surface area contributed by atoms with Crippen LogP contribution in [0.25, 0.3) is 0 Å². The first kappa shape index (κ1) is 31.8. The highest BCUT2D eigenvalue weighted by Gasteiger charge is 2.33. The molecule has 0 unspecified atom stereocenters. The van der Waals surface area contributed by atoms with E-state index in [1.54, 1.807) is 20.8 Å². The van der Waals surface area contributed by atoms with Crippen molar-refractivity contribution in [2.45, 2.75) is 39.7 Å². The molecule has 0 bridgehead atoms. The number of amides is 3. The van der Waals surface area contributed by atoms with Gasteiger partial charge in [0.15, 0.2) is 0 Å². The van der Waals surface area contributed by atoms with Gasteiger partial charge >= 0.3 is 0 Å². The van der Waals surface area contributed by atoms with Gasteiger partial charge in [0.2, 0.25) is 5.91 Å². The van der Waals surface area contributed by atoms with Crippen molar-refractivity contribution in [3.8, 4) is 0 Å². The van der Waals surface area contributed by atoms with Crippen LogP contribution in [-0.2, 0) is 14.3 Å². The third-order valence-electron chi connectivity index (χ3n) is 5.87. The number of morpholine rings is 1. The van der Waals surface area contributed by atoms with Gasteiger partial charge in [-0.15, -0.1) is 11.3 Å². The van der Waals surface area contributed by atoms with E-state index in [2.05, 4.69) is 10.6 Å². The highest BCUT2D eigenvalue weighted by atomic mass is 35.5. The van der Waals surface area contributed by atoms with Crippen LogP contribution in [-0.4, -0.2) is 74.5 Å². The van der Waals surface area contributed by atoms with Gasteiger partial charge in [-0.05, 0) is 35.7 Å². The quantitative estimate of drug-likeness (QED) is 0.349. The number of alkyl halides is 4. The minimum Gasteiger partial charge on any atom is -0.370 e. The number of ether oxygens (including phenoxy) is 1. The number of carbonyl (C=O) groups is 3. The molecule has 1 aliphatic heterocycles. The van der Waals surface area contributed by atoms with Crippen molar-refractivity contribution >= 4 is 52.0 Å². The first-order valence-corrected chi connectivity index (χ1v) is 13.6. The Labute approximate surface area is 238 Å². The highest BCUT2D eigenvalue weighted by molar-refractivity contribution is 7.18. The molecule has 0 spiro atoms. The van der Waals surface area contributed by atoms with Crippen molar-refractivity contribution in [3.05, 3.63) is 45.1 Å². The molecule has 1 aromatic carbocycles. The van der Waals surface area contributed by atoms with E-state index in [1.807, 2.05) is 0 Å². The average Bonchev–Trinajstić information content (AvgIpc) is 3.29. The Balaban J connectivity index is 1.89. The van der Waals surface area contributed by atoms with Gasteiger partial charge in [-0.25, -0.2) is 17.6 Å². The summed E-state index contributed by atoms with van der Waals surface area (Å²) in [4.78, 5) is 41.1. The fourth-order valence-electron chi connectivity index (χ4n) is 4.21. The van der Waals surface area contributed by atoms with Gasteiger partial charge in [0.1, 0.15) is 12.6 Å². The van der Waals surface area contributed by atoms with Gasteiger partial charge in [0.25, 0.3) is 24.7 Å². The molecule has 40 heavy (non-hydrogen) atoms. The van der Waals surface area contributed by atoms with E-state index >= 15 is 0 Å². The van der Waals surface area contributed by atoms with Crippen molar-refractivity contribution in [3.63, 3.8) is 0 Å². The predicted octanol–water partition coefficient (Wildman–Crippen LogP) is 5.05. The van der Waals surface area contributed by atoms with Crippen LogP contribution in [0.5, 0.6) is 0 Å². The molecule has 3 amide bonds. The van der Waals surface area contributed by atoms with Crippen LogP contribution >= 0.6 is 22.9 Å². The topological polar surface area (TPSA) is 91.0 Å². The van der Waals surface area contributed by atoms with E-state index in [0.29, 0.717) is 4.34 Å². The largest absolute Gasteiger partial charge is 0.370 e. The van der Waals surface area contributed by atoms with Gasteiger partial charge in [0.05, 0.1) is 22.4 Å². The smallest absolute Gasteiger partial charge is 0.265 e. The standard InChI is InChI=1S/C26H31ClF4N4O4S/c1-26(2,3)14-34(12-21(28)29)18(11-32-25(38)19-6-7-20(27)40-19)24(37)33-17-5-4-15(10-16(17)23(30)31)35-8-9-39-13-22(35)36/h4-7,10,18,21,23H,8-9,11-14H2,1-3H3,(H,32,38)(H,33,37)/t18-/m1/s1. The summed E-state index contributed by atoms with van der Waals surface area (Å²) >= 11 is 6.90. The predicted molar refractivity (Wildman–Crippen MR) is 146 cm³/mol. The molecule has 1 atom stereocenters. The van der Waals surface area contributed by atoms with Crippen LogP contribution in [0.3, 0.4) is 0 Å². The minimum absolute atomic E-state index is 0.0515. The number of benzene rings is 1. The lowest BCUT2D eigenvalue weighted by atomic mass is 9.95. The molecule has 1 fully saturated rings. The van der Waals surface area contributed by atoms with Crippen LogP contribution in [0.4, 0.5) is 28.9 Å². The van der Waals surface area contributed by atoms with Gasteiger partial charge in [-0.1, -0.05) is 32.4 Å². The van der Waals surface area contributed by atoms with E-state index < -0.39 is 54.1 Å². The SMILES string of the molecule is CC(C)(C)CN(CC(F)F)[C@H](CNC(=O)c1ccc(Cl)s1)C(=O)Nc1ccc(N2CCOCC2=O)cc1C(F)F. The van der Waals surface area contributed by atoms with E-state index in [9.17, 15) is 31.9 Å². The number of carbonyl (C=O) groups excluding carboxylic acids is 3. The molecule has 220 valence electrons. The Hall–Kier alpha value is -2.74. The molecule has 0 saturated carbocycles. The maximum absolute atomic E-state index is 14.1. The Kier molecular flexibility index (Phi) is 10.9. The van der Waals surface area contributed by atoms with Crippen LogP contribution in [0, 0.1) is 5.41 Å². The number of anilines is 2. The lowest BCUT2D eigenvalue weighted by molar-refractivity contribution is -0.125. The Morgan fingerprint density at radius 1 is 1.18 bits per heavy atom.